The summed E-state index contributed by atoms with van der Waals surface area (Å²) in [5, 5.41) is 4.79. The van der Waals surface area contributed by atoms with Crippen LogP contribution in [-0.4, -0.2) is 26.2 Å². The molecule has 8 heteroatoms. The van der Waals surface area contributed by atoms with Crippen molar-refractivity contribution in [2.24, 2.45) is 0 Å². The SMILES string of the molecule is c1ccc(-c2ccc(-c3cccc(-c4ccc(-c5ccccc5)cc4)c3N3c4ccc(-n5c6ccccc6c6ccccc65)cc4B4c5ccc(-c6nc(-c7ccccc7)nc(-c7ccccc7)n6)cc5N(c5c(-c6ccccc6)cccc5-c5ccccc5)c5cc6c(sc7ccccc76)c3c54)cc2)cc1. The molecule has 0 radical (unpaired) electrons. The first-order chi connectivity index (χ1) is 53.1. The van der Waals surface area contributed by atoms with Crippen LogP contribution in [0.15, 0.2) is 382 Å². The van der Waals surface area contributed by atoms with Crippen molar-refractivity contribution >= 4 is 111 Å². The van der Waals surface area contributed by atoms with Crippen molar-refractivity contribution in [2.45, 2.75) is 0 Å². The molecule has 0 aliphatic carbocycles. The largest absolute Gasteiger partial charge is 0.310 e. The highest BCUT2D eigenvalue weighted by atomic mass is 32.1. The van der Waals surface area contributed by atoms with Crippen LogP contribution in [0.3, 0.4) is 0 Å². The summed E-state index contributed by atoms with van der Waals surface area (Å²) in [6.07, 6.45) is 0. The van der Waals surface area contributed by atoms with Gasteiger partial charge in [0.25, 0.3) is 6.71 Å². The number of aromatic nitrogens is 4. The molecule has 0 atom stereocenters. The maximum absolute atomic E-state index is 5.48. The van der Waals surface area contributed by atoms with Crippen LogP contribution in [0.2, 0.25) is 0 Å². The van der Waals surface area contributed by atoms with Gasteiger partial charge in [0.2, 0.25) is 0 Å². The van der Waals surface area contributed by atoms with Gasteiger partial charge in [-0.15, -0.1) is 11.3 Å². The van der Waals surface area contributed by atoms with E-state index in [2.05, 4.69) is 360 Å². The van der Waals surface area contributed by atoms with E-state index in [0.717, 1.165) is 129 Å². The Morgan fingerprint density at radius 3 is 1.14 bits per heavy atom. The normalized spacial score (nSPS) is 12.2. The van der Waals surface area contributed by atoms with Crippen molar-refractivity contribution in [1.29, 1.82) is 0 Å². The van der Waals surface area contributed by atoms with Crippen LogP contribution in [0.1, 0.15) is 0 Å². The lowest BCUT2D eigenvalue weighted by molar-refractivity contribution is 1.07. The highest BCUT2D eigenvalue weighted by Crippen LogP contribution is 2.57. The first-order valence-electron chi connectivity index (χ1n) is 36.5. The van der Waals surface area contributed by atoms with Gasteiger partial charge >= 0.3 is 0 Å². The van der Waals surface area contributed by atoms with Crippen molar-refractivity contribution < 1.29 is 0 Å². The Hall–Kier alpha value is -13.8. The molecule has 19 aromatic rings. The predicted molar refractivity (Wildman–Crippen MR) is 450 cm³/mol. The molecule has 498 valence electrons. The molecule has 2 aliphatic heterocycles. The molecular weight excluding hydrogens is 1320 g/mol. The molecule has 0 fully saturated rings. The summed E-state index contributed by atoms with van der Waals surface area (Å²) in [5.74, 6) is 1.78. The predicted octanol–water partition coefficient (Wildman–Crippen LogP) is 24.4. The van der Waals surface area contributed by atoms with Crippen LogP contribution < -0.4 is 26.2 Å². The van der Waals surface area contributed by atoms with Crippen LogP contribution in [0.5, 0.6) is 0 Å². The first-order valence-corrected chi connectivity index (χ1v) is 37.3. The summed E-state index contributed by atoms with van der Waals surface area (Å²) < 4.78 is 4.91. The fourth-order valence-electron chi connectivity index (χ4n) is 16.8. The lowest BCUT2D eigenvalue weighted by Crippen LogP contribution is -2.61. The number of anilines is 6. The quantitative estimate of drug-likeness (QED) is 0.114. The van der Waals surface area contributed by atoms with Crippen LogP contribution in [0.4, 0.5) is 34.1 Å². The molecule has 0 saturated heterocycles. The van der Waals surface area contributed by atoms with Gasteiger partial charge in [0.15, 0.2) is 17.5 Å². The summed E-state index contributed by atoms with van der Waals surface area (Å²) >= 11 is 1.89. The summed E-state index contributed by atoms with van der Waals surface area (Å²) in [4.78, 5) is 21.5. The summed E-state index contributed by atoms with van der Waals surface area (Å²) in [6, 6.07) is 140. The van der Waals surface area contributed by atoms with E-state index in [0.29, 0.717) is 17.5 Å². The second-order valence-electron chi connectivity index (χ2n) is 27.7. The zero-order valence-electron chi connectivity index (χ0n) is 58.0. The van der Waals surface area contributed by atoms with Crippen LogP contribution in [0.25, 0.3) is 149 Å². The highest BCUT2D eigenvalue weighted by molar-refractivity contribution is 7.26. The number of para-hydroxylation sites is 4. The molecule has 0 unspecified atom stereocenters. The second kappa shape index (κ2) is 25.6. The molecule has 21 rings (SSSR count). The molecule has 5 heterocycles. The van der Waals surface area contributed by atoms with Crippen molar-refractivity contribution in [3.63, 3.8) is 0 Å². The fraction of sp³-hybridized carbons (Fsp3) is 0. The maximum Gasteiger partial charge on any atom is 0.252 e. The Bertz CT molecular complexity index is 6400. The average Bonchev–Trinajstić information content (AvgIpc) is 1.67. The van der Waals surface area contributed by atoms with Crippen molar-refractivity contribution in [1.82, 2.24) is 19.5 Å². The van der Waals surface area contributed by atoms with Crippen LogP contribution in [0, 0.1) is 0 Å². The number of benzene rings is 16. The fourth-order valence-corrected chi connectivity index (χ4v) is 18.0. The number of rotatable bonds is 12. The van der Waals surface area contributed by atoms with Crippen LogP contribution in [-0.2, 0) is 0 Å². The monoisotopic (exact) mass is 1380 g/mol. The van der Waals surface area contributed by atoms with E-state index < -0.39 is 0 Å². The van der Waals surface area contributed by atoms with Crippen molar-refractivity contribution in [2.75, 3.05) is 9.80 Å². The molecule has 0 N–H and O–H groups in total. The number of fused-ring (bicyclic) bond motifs is 11. The van der Waals surface area contributed by atoms with Crippen molar-refractivity contribution in [3.8, 4) is 107 Å². The maximum atomic E-state index is 5.48. The molecule has 0 bridgehead atoms. The van der Waals surface area contributed by atoms with Gasteiger partial charge in [-0.1, -0.05) is 334 Å². The molecule has 3 aromatic heterocycles. The minimum atomic E-state index is -0.345. The van der Waals surface area contributed by atoms with E-state index in [-0.39, 0.29) is 6.71 Å². The van der Waals surface area contributed by atoms with Gasteiger partial charge < -0.3 is 14.4 Å². The molecule has 107 heavy (non-hydrogen) atoms. The Kier molecular flexibility index (Phi) is 14.8. The second-order valence-corrected chi connectivity index (χ2v) is 28.7. The van der Waals surface area contributed by atoms with E-state index in [1.54, 1.807) is 0 Å². The third-order valence-electron chi connectivity index (χ3n) is 21.7. The molecule has 16 aromatic carbocycles. The van der Waals surface area contributed by atoms with E-state index in [4.69, 9.17) is 15.0 Å². The Labute approximate surface area is 624 Å². The van der Waals surface area contributed by atoms with E-state index in [1.165, 1.54) is 53.0 Å². The Balaban J connectivity index is 0.920. The van der Waals surface area contributed by atoms with Gasteiger partial charge in [0.05, 0.1) is 32.8 Å². The van der Waals surface area contributed by atoms with Gasteiger partial charge in [0, 0.05) is 87.9 Å². The molecule has 0 amide bonds. The molecule has 0 spiro atoms. The minimum Gasteiger partial charge on any atom is -0.310 e. The number of nitrogens with zero attached hydrogens (tertiary/aromatic N) is 6. The number of hydrogen-bond acceptors (Lipinski definition) is 6. The van der Waals surface area contributed by atoms with Gasteiger partial charge in [-0.3, -0.25) is 0 Å². The summed E-state index contributed by atoms with van der Waals surface area (Å²) in [5.41, 5.74) is 29.5. The lowest BCUT2D eigenvalue weighted by Gasteiger charge is -2.46. The Morgan fingerprint density at radius 1 is 0.243 bits per heavy atom. The lowest BCUT2D eigenvalue weighted by atomic mass is 9.33. The van der Waals surface area contributed by atoms with Gasteiger partial charge in [-0.05, 0) is 109 Å². The highest BCUT2D eigenvalue weighted by Gasteiger charge is 2.47. The summed E-state index contributed by atoms with van der Waals surface area (Å²) in [7, 11) is 0. The van der Waals surface area contributed by atoms with Crippen LogP contribution >= 0.6 is 11.3 Å². The number of thiophene rings is 1. The topological polar surface area (TPSA) is 50.1 Å². The third kappa shape index (κ3) is 10.4. The smallest absolute Gasteiger partial charge is 0.252 e. The average molecular weight is 1380 g/mol. The zero-order chi connectivity index (χ0) is 70.5. The zero-order valence-corrected chi connectivity index (χ0v) is 58.9. The van der Waals surface area contributed by atoms with E-state index in [1.807, 2.05) is 47.7 Å². The third-order valence-corrected chi connectivity index (χ3v) is 22.8. The van der Waals surface area contributed by atoms with Crippen molar-refractivity contribution in [3.05, 3.63) is 382 Å². The standard InChI is InChI=1S/C99H63BN6S/c1-7-27-64(28-8-1)66-49-53-70(54-50-66)78-44-26-45-79(71-55-51-67(52-56-71)65-29-9-2-10-30-65)94(78)106-88-60-58-75(104-86-46-22-19-39-80(86)81-40-20-23-47-87(81)104)62-85(88)100-84-59-57-74(99-102-97(72-35-15-5-16-36-72)101-98(103-99)73-37-17-6-18-38-73)61-89(84)105(90-63-83-82-41-21-24-48-91(82)107-96(83)95(106)92(90)100)93-76(68-31-11-3-12-32-68)42-25-43-77(93)69-33-13-4-14-34-69/h1-63H. The molecule has 6 nitrogen and oxygen atoms in total. The Morgan fingerprint density at radius 2 is 0.636 bits per heavy atom. The first kappa shape index (κ1) is 61.8. The molecule has 2 aliphatic rings. The molecular formula is C99H63BN6S. The van der Waals surface area contributed by atoms with Gasteiger partial charge in [-0.2, -0.15) is 0 Å². The number of hydrogen-bond donors (Lipinski definition) is 0. The van der Waals surface area contributed by atoms with Gasteiger partial charge in [0.1, 0.15) is 0 Å². The molecule has 0 saturated carbocycles. The van der Waals surface area contributed by atoms with E-state index >= 15 is 0 Å². The summed E-state index contributed by atoms with van der Waals surface area (Å²) in [6.45, 7) is -0.345. The minimum absolute atomic E-state index is 0.345. The van der Waals surface area contributed by atoms with Gasteiger partial charge in [-0.25, -0.2) is 15.0 Å². The van der Waals surface area contributed by atoms with E-state index in [9.17, 15) is 0 Å².